The van der Waals surface area contributed by atoms with Crippen molar-refractivity contribution in [3.05, 3.63) is 30.5 Å². The molecule has 1 amide bonds. The van der Waals surface area contributed by atoms with Crippen LogP contribution in [0.1, 0.15) is 32.6 Å². The highest BCUT2D eigenvalue weighted by Gasteiger charge is 2.46. The van der Waals surface area contributed by atoms with Crippen molar-refractivity contribution in [2.75, 3.05) is 25.5 Å². The standard InChI is InChI=1S/C24H28N8O2/c1-15(33)31-10-7-24(8-11-31)13-17(14-24)25-23-26-22(34-3)21-18(6-9-32(21)28-23)16-4-5-19-20(12-16)30(2)29-27-19/h4-6,9,12,17H,7-8,10-11,13-14H2,1-3H3,(H,25,28). The molecule has 1 aliphatic carbocycles. The van der Waals surface area contributed by atoms with Crippen LogP contribution >= 0.6 is 0 Å². The van der Waals surface area contributed by atoms with Crippen LogP contribution in [-0.4, -0.2) is 66.6 Å². The summed E-state index contributed by atoms with van der Waals surface area (Å²) >= 11 is 0. The molecule has 10 heteroatoms. The molecule has 0 atom stereocenters. The van der Waals surface area contributed by atoms with Crippen LogP contribution in [0.25, 0.3) is 27.7 Å². The Bertz CT molecular complexity index is 1390. The minimum atomic E-state index is 0.181. The van der Waals surface area contributed by atoms with Crippen molar-refractivity contribution in [2.24, 2.45) is 12.5 Å². The summed E-state index contributed by atoms with van der Waals surface area (Å²) in [5, 5.41) is 16.5. The predicted molar refractivity (Wildman–Crippen MR) is 128 cm³/mol. The van der Waals surface area contributed by atoms with Crippen LogP contribution in [0.15, 0.2) is 30.5 Å². The van der Waals surface area contributed by atoms with E-state index in [4.69, 9.17) is 14.8 Å². The van der Waals surface area contributed by atoms with Crippen molar-refractivity contribution in [3.8, 4) is 17.0 Å². The van der Waals surface area contributed by atoms with Crippen LogP contribution in [0.5, 0.6) is 5.88 Å². The molecular formula is C24H28N8O2. The van der Waals surface area contributed by atoms with E-state index < -0.39 is 0 Å². The van der Waals surface area contributed by atoms with Crippen LogP contribution in [0.4, 0.5) is 5.95 Å². The average Bonchev–Trinajstić information content (AvgIpc) is 3.41. The molecule has 4 heterocycles. The SMILES string of the molecule is COc1nc(NC2CC3(CCN(C(C)=O)CC3)C2)nn2ccc(-c3ccc4nnn(C)c4c3)c12. The Balaban J connectivity index is 1.23. The molecule has 2 fully saturated rings. The largest absolute Gasteiger partial charge is 0.479 e. The summed E-state index contributed by atoms with van der Waals surface area (Å²) in [6.45, 7) is 3.39. The van der Waals surface area contributed by atoms with Gasteiger partial charge in [-0.25, -0.2) is 9.20 Å². The number of carbonyl (C=O) groups excluding carboxylic acids is 1. The lowest BCUT2D eigenvalue weighted by atomic mass is 9.60. The number of aromatic nitrogens is 6. The van der Waals surface area contributed by atoms with Crippen molar-refractivity contribution in [3.63, 3.8) is 0 Å². The zero-order chi connectivity index (χ0) is 23.4. The van der Waals surface area contributed by atoms with Crippen molar-refractivity contribution < 1.29 is 9.53 Å². The first-order valence-electron chi connectivity index (χ1n) is 11.7. The molecule has 1 N–H and O–H groups in total. The maximum atomic E-state index is 11.6. The Kier molecular flexibility index (Phi) is 4.72. The van der Waals surface area contributed by atoms with Crippen LogP contribution in [0.3, 0.4) is 0 Å². The number of nitrogens with zero attached hydrogens (tertiary/aromatic N) is 7. The fourth-order valence-electron chi connectivity index (χ4n) is 5.60. The molecule has 6 rings (SSSR count). The number of benzene rings is 1. The highest BCUT2D eigenvalue weighted by Crippen LogP contribution is 2.50. The monoisotopic (exact) mass is 460 g/mol. The minimum Gasteiger partial charge on any atom is -0.479 e. The predicted octanol–water partition coefficient (Wildman–Crippen LogP) is 2.89. The number of carbonyl (C=O) groups is 1. The third-order valence-corrected chi connectivity index (χ3v) is 7.56. The molecule has 176 valence electrons. The first-order valence-corrected chi connectivity index (χ1v) is 11.7. The maximum Gasteiger partial charge on any atom is 0.244 e. The number of fused-ring (bicyclic) bond motifs is 2. The van der Waals surface area contributed by atoms with Crippen molar-refractivity contribution in [1.29, 1.82) is 0 Å². The van der Waals surface area contributed by atoms with Crippen LogP contribution < -0.4 is 10.1 Å². The second-order valence-electron chi connectivity index (χ2n) is 9.64. The van der Waals surface area contributed by atoms with E-state index >= 15 is 0 Å². The molecule has 3 aromatic heterocycles. The Morgan fingerprint density at radius 2 is 2.00 bits per heavy atom. The lowest BCUT2D eigenvalue weighted by molar-refractivity contribution is -0.132. The Morgan fingerprint density at radius 3 is 2.74 bits per heavy atom. The van der Waals surface area contributed by atoms with Gasteiger partial charge in [-0.15, -0.1) is 10.2 Å². The zero-order valence-electron chi connectivity index (χ0n) is 19.7. The first kappa shape index (κ1) is 20.9. The summed E-state index contributed by atoms with van der Waals surface area (Å²) in [5.74, 6) is 1.28. The van der Waals surface area contributed by atoms with E-state index in [0.717, 1.165) is 66.4 Å². The summed E-state index contributed by atoms with van der Waals surface area (Å²) in [6.07, 6.45) is 6.25. The number of methoxy groups -OCH3 is 1. The van der Waals surface area contributed by atoms with Gasteiger partial charge in [-0.3, -0.25) is 4.79 Å². The van der Waals surface area contributed by atoms with Gasteiger partial charge in [0, 0.05) is 44.9 Å². The van der Waals surface area contributed by atoms with E-state index in [1.807, 2.05) is 40.9 Å². The summed E-state index contributed by atoms with van der Waals surface area (Å²) in [7, 11) is 3.52. The van der Waals surface area contributed by atoms with Gasteiger partial charge >= 0.3 is 0 Å². The molecule has 0 unspecified atom stereocenters. The first-order chi connectivity index (χ1) is 16.4. The zero-order valence-corrected chi connectivity index (χ0v) is 19.7. The summed E-state index contributed by atoms with van der Waals surface area (Å²) < 4.78 is 9.28. The summed E-state index contributed by atoms with van der Waals surface area (Å²) in [4.78, 5) is 18.3. The smallest absolute Gasteiger partial charge is 0.244 e. The van der Waals surface area contributed by atoms with E-state index in [0.29, 0.717) is 23.3 Å². The van der Waals surface area contributed by atoms with Gasteiger partial charge in [-0.1, -0.05) is 11.3 Å². The van der Waals surface area contributed by atoms with Gasteiger partial charge in [0.1, 0.15) is 11.0 Å². The molecule has 1 aromatic carbocycles. The molecule has 0 bridgehead atoms. The van der Waals surface area contributed by atoms with Crippen molar-refractivity contribution >= 4 is 28.4 Å². The number of ether oxygens (including phenoxy) is 1. The minimum absolute atomic E-state index is 0.181. The summed E-state index contributed by atoms with van der Waals surface area (Å²) in [6, 6.07) is 8.44. The van der Waals surface area contributed by atoms with E-state index in [1.165, 1.54) is 0 Å². The lowest BCUT2D eigenvalue weighted by Gasteiger charge is -2.52. The Labute approximate surface area is 196 Å². The fourth-order valence-corrected chi connectivity index (χ4v) is 5.60. The third-order valence-electron chi connectivity index (χ3n) is 7.56. The van der Waals surface area contributed by atoms with Crippen LogP contribution in [0, 0.1) is 5.41 Å². The van der Waals surface area contributed by atoms with E-state index in [1.54, 1.807) is 18.7 Å². The van der Waals surface area contributed by atoms with Crippen LogP contribution in [0.2, 0.25) is 0 Å². The number of nitrogens with one attached hydrogen (secondary N) is 1. The number of amides is 1. The number of rotatable bonds is 4. The van der Waals surface area contributed by atoms with Gasteiger partial charge in [-0.05, 0) is 54.9 Å². The lowest BCUT2D eigenvalue weighted by Crippen LogP contribution is -2.52. The molecule has 34 heavy (non-hydrogen) atoms. The Hall–Kier alpha value is -3.69. The number of anilines is 1. The van der Waals surface area contributed by atoms with Crippen molar-refractivity contribution in [2.45, 2.75) is 38.6 Å². The highest BCUT2D eigenvalue weighted by atomic mass is 16.5. The van der Waals surface area contributed by atoms with Gasteiger partial charge in [0.05, 0.1) is 12.6 Å². The molecule has 1 saturated carbocycles. The number of aryl methyl sites for hydroxylation is 1. The molecule has 1 spiro atoms. The van der Waals surface area contributed by atoms with Gasteiger partial charge in [-0.2, -0.15) is 4.98 Å². The van der Waals surface area contributed by atoms with Gasteiger partial charge in [0.25, 0.3) is 0 Å². The fraction of sp³-hybridized carbons (Fsp3) is 0.458. The molecule has 1 aliphatic heterocycles. The normalized spacial score (nSPS) is 17.9. The molecule has 4 aromatic rings. The average molecular weight is 461 g/mol. The second kappa shape index (κ2) is 7.68. The van der Waals surface area contributed by atoms with Crippen LogP contribution in [-0.2, 0) is 11.8 Å². The highest BCUT2D eigenvalue weighted by molar-refractivity contribution is 5.89. The molecule has 1 saturated heterocycles. The number of piperidine rings is 1. The molecular weight excluding hydrogens is 432 g/mol. The molecule has 10 nitrogen and oxygen atoms in total. The Morgan fingerprint density at radius 1 is 1.21 bits per heavy atom. The van der Waals surface area contributed by atoms with Gasteiger partial charge < -0.3 is 15.0 Å². The third kappa shape index (κ3) is 3.36. The molecule has 0 radical (unpaired) electrons. The van der Waals surface area contributed by atoms with E-state index in [-0.39, 0.29) is 5.91 Å². The van der Waals surface area contributed by atoms with E-state index in [2.05, 4.69) is 21.7 Å². The molecule has 2 aliphatic rings. The number of hydrogen-bond acceptors (Lipinski definition) is 7. The topological polar surface area (TPSA) is 102 Å². The number of hydrogen-bond donors (Lipinski definition) is 1. The van der Waals surface area contributed by atoms with Crippen molar-refractivity contribution in [1.82, 2.24) is 34.5 Å². The van der Waals surface area contributed by atoms with E-state index in [9.17, 15) is 4.79 Å². The second-order valence-corrected chi connectivity index (χ2v) is 9.64. The summed E-state index contributed by atoms with van der Waals surface area (Å²) in [5.41, 5.74) is 5.01. The van der Waals surface area contributed by atoms with Gasteiger partial charge in [0.15, 0.2) is 0 Å². The number of likely N-dealkylation sites (tertiary alicyclic amines) is 1. The maximum absolute atomic E-state index is 11.6. The quantitative estimate of drug-likeness (QED) is 0.500. The van der Waals surface area contributed by atoms with Gasteiger partial charge in [0.2, 0.25) is 17.7 Å².